The van der Waals surface area contributed by atoms with Crippen LogP contribution in [0, 0.1) is 12.3 Å². The van der Waals surface area contributed by atoms with Crippen molar-refractivity contribution in [2.45, 2.75) is 11.1 Å². The van der Waals surface area contributed by atoms with Gasteiger partial charge in [-0.3, -0.25) is 4.31 Å². The molecule has 0 N–H and O–H groups in total. The van der Waals surface area contributed by atoms with Crippen molar-refractivity contribution in [1.29, 1.82) is 5.39 Å². The molecule has 1 aromatic heterocycles. The minimum atomic E-state index is -3.62. The van der Waals surface area contributed by atoms with Crippen molar-refractivity contribution in [1.82, 2.24) is 0 Å². The largest absolute Gasteiger partial charge is 0.411 e. The van der Waals surface area contributed by atoms with E-state index >= 15 is 0 Å². The Balaban J connectivity index is 2.56. The fourth-order valence-corrected chi connectivity index (χ4v) is 4.07. The zero-order valence-corrected chi connectivity index (χ0v) is 12.1. The molecule has 1 heterocycles. The first-order chi connectivity index (χ1) is 8.98. The molecule has 0 aliphatic heterocycles. The Morgan fingerprint density at radius 3 is 2.58 bits per heavy atom. The van der Waals surface area contributed by atoms with Crippen molar-refractivity contribution in [3.63, 3.8) is 0 Å². The molecule has 19 heavy (non-hydrogen) atoms. The Labute approximate surface area is 115 Å². The van der Waals surface area contributed by atoms with Crippen LogP contribution in [0.2, 0.25) is 0 Å². The maximum absolute atomic E-state index is 12.4. The minimum absolute atomic E-state index is 0.250. The van der Waals surface area contributed by atoms with Gasteiger partial charge in [0.2, 0.25) is 5.39 Å². The van der Waals surface area contributed by atoms with Crippen LogP contribution >= 0.6 is 11.3 Å². The topological polar surface area (TPSA) is 65.5 Å². The van der Waals surface area contributed by atoms with Gasteiger partial charge in [-0.25, -0.2) is 8.42 Å². The summed E-state index contributed by atoms with van der Waals surface area (Å²) >= 11 is 1.15. The molecule has 0 fully saturated rings. The van der Waals surface area contributed by atoms with Gasteiger partial charge in [-0.2, -0.15) is 0 Å². The van der Waals surface area contributed by atoms with Crippen molar-refractivity contribution in [2.75, 3.05) is 11.4 Å². The number of thiophene rings is 1. The van der Waals surface area contributed by atoms with Gasteiger partial charge in [-0.1, -0.05) is 18.2 Å². The first-order valence-electron chi connectivity index (χ1n) is 5.45. The third-order valence-electron chi connectivity index (χ3n) is 2.77. The molecule has 98 valence electrons. The van der Waals surface area contributed by atoms with E-state index in [0.717, 1.165) is 15.6 Å². The summed E-state index contributed by atoms with van der Waals surface area (Å²) in [6, 6.07) is 8.30. The van der Waals surface area contributed by atoms with E-state index in [1.165, 1.54) is 7.05 Å². The van der Waals surface area contributed by atoms with Crippen molar-refractivity contribution >= 4 is 32.7 Å². The van der Waals surface area contributed by atoms with Crippen LogP contribution in [0.25, 0.3) is 4.98 Å². The summed E-state index contributed by atoms with van der Waals surface area (Å²) in [5.41, 5.74) is 1.30. The van der Waals surface area contributed by atoms with E-state index in [2.05, 4.69) is 4.98 Å². The van der Waals surface area contributed by atoms with Crippen molar-refractivity contribution in [2.24, 2.45) is 0 Å². The summed E-state index contributed by atoms with van der Waals surface area (Å²) in [7, 11) is -2.17. The Hall–Kier alpha value is -1.91. The standard InChI is InChI=1S/C12H12N3O2S2/c1-9-5-3-6-10(12(9)14-13)15(2)19(16,17)11-7-4-8-18-11/h3-8H,1-2H3/q+1. The lowest BCUT2D eigenvalue weighted by Crippen LogP contribution is -2.25. The second kappa shape index (κ2) is 4.99. The van der Waals surface area contributed by atoms with Crippen LogP contribution in [0.5, 0.6) is 0 Å². The summed E-state index contributed by atoms with van der Waals surface area (Å²) in [6.45, 7) is 1.75. The maximum atomic E-state index is 12.4. The summed E-state index contributed by atoms with van der Waals surface area (Å²) in [4.78, 5) is 3.18. The smallest absolute Gasteiger partial charge is 0.261 e. The summed E-state index contributed by atoms with van der Waals surface area (Å²) < 4.78 is 26.1. The lowest BCUT2D eigenvalue weighted by atomic mass is 10.2. The molecule has 2 aromatic rings. The van der Waals surface area contributed by atoms with E-state index in [4.69, 9.17) is 5.39 Å². The van der Waals surface area contributed by atoms with Crippen LogP contribution < -0.4 is 4.31 Å². The Bertz CT molecular complexity index is 731. The minimum Gasteiger partial charge on any atom is -0.261 e. The molecule has 0 bridgehead atoms. The number of hydrogen-bond donors (Lipinski definition) is 0. The first-order valence-corrected chi connectivity index (χ1v) is 7.77. The van der Waals surface area contributed by atoms with Gasteiger partial charge in [0.05, 0.1) is 0 Å². The van der Waals surface area contributed by atoms with Crippen LogP contribution in [0.4, 0.5) is 11.4 Å². The normalized spacial score (nSPS) is 11.0. The van der Waals surface area contributed by atoms with Gasteiger partial charge in [0.25, 0.3) is 10.0 Å². The summed E-state index contributed by atoms with van der Waals surface area (Å²) in [5.74, 6) is 0. The van der Waals surface area contributed by atoms with Gasteiger partial charge in [0.15, 0.2) is 4.98 Å². The summed E-state index contributed by atoms with van der Waals surface area (Å²) in [5, 5.41) is 10.8. The lowest BCUT2D eigenvalue weighted by Gasteiger charge is -2.16. The quantitative estimate of drug-likeness (QED) is 0.815. The van der Waals surface area contributed by atoms with E-state index in [-0.39, 0.29) is 9.90 Å². The molecule has 0 aliphatic rings. The molecule has 1 aromatic carbocycles. The van der Waals surface area contributed by atoms with Gasteiger partial charge in [-0.15, -0.1) is 11.3 Å². The molecule has 0 unspecified atom stereocenters. The number of diazo groups is 1. The fourth-order valence-electron chi connectivity index (χ4n) is 1.70. The molecule has 0 saturated carbocycles. The highest BCUT2D eigenvalue weighted by molar-refractivity contribution is 7.94. The van der Waals surface area contributed by atoms with Gasteiger partial charge in [0.1, 0.15) is 9.90 Å². The fraction of sp³-hybridized carbons (Fsp3) is 0.167. The number of anilines is 1. The van der Waals surface area contributed by atoms with Gasteiger partial charge < -0.3 is 0 Å². The molecule has 0 radical (unpaired) electrons. The van der Waals surface area contributed by atoms with Gasteiger partial charge in [0, 0.05) is 12.6 Å². The van der Waals surface area contributed by atoms with Crippen LogP contribution in [0.1, 0.15) is 5.56 Å². The molecule has 5 nitrogen and oxygen atoms in total. The Morgan fingerprint density at radius 1 is 1.26 bits per heavy atom. The number of nitrogens with zero attached hydrogens (tertiary/aromatic N) is 3. The third kappa shape index (κ3) is 2.32. The van der Waals surface area contributed by atoms with Crippen molar-refractivity contribution in [3.8, 4) is 0 Å². The maximum Gasteiger partial charge on any atom is 0.411 e. The molecule has 0 spiro atoms. The predicted molar refractivity (Wildman–Crippen MR) is 75.8 cm³/mol. The number of benzene rings is 1. The molecule has 0 amide bonds. The van der Waals surface area contributed by atoms with Crippen molar-refractivity contribution in [3.05, 3.63) is 46.3 Å². The molecule has 7 heteroatoms. The second-order valence-electron chi connectivity index (χ2n) is 3.95. The van der Waals surface area contributed by atoms with E-state index in [1.807, 2.05) is 0 Å². The number of hydrogen-bond acceptors (Lipinski definition) is 4. The lowest BCUT2D eigenvalue weighted by molar-refractivity contribution is 0.596. The SMILES string of the molecule is Cc1cccc(N(C)S(=O)(=O)c2cccs2)c1[N+]#N. The third-order valence-corrected chi connectivity index (χ3v) is 5.91. The average molecular weight is 294 g/mol. The van der Waals surface area contributed by atoms with Crippen LogP contribution in [0.15, 0.2) is 39.9 Å². The first kappa shape index (κ1) is 13.5. The number of rotatable bonds is 3. The average Bonchev–Trinajstić information content (AvgIpc) is 2.92. The highest BCUT2D eigenvalue weighted by Gasteiger charge is 2.29. The van der Waals surface area contributed by atoms with E-state index in [1.54, 1.807) is 42.6 Å². The van der Waals surface area contributed by atoms with E-state index in [9.17, 15) is 8.42 Å². The number of sulfonamides is 1. The molecule has 2 rings (SSSR count). The second-order valence-corrected chi connectivity index (χ2v) is 7.09. The Morgan fingerprint density at radius 2 is 2.00 bits per heavy atom. The zero-order valence-electron chi connectivity index (χ0n) is 10.4. The molecule has 0 atom stereocenters. The van der Waals surface area contributed by atoms with Gasteiger partial charge >= 0.3 is 5.69 Å². The van der Waals surface area contributed by atoms with Crippen LogP contribution in [-0.2, 0) is 10.0 Å². The Kier molecular flexibility index (Phi) is 3.55. The van der Waals surface area contributed by atoms with Crippen molar-refractivity contribution < 1.29 is 8.42 Å². The predicted octanol–water partition coefficient (Wildman–Crippen LogP) is 3.37. The van der Waals surface area contributed by atoms with E-state index < -0.39 is 10.0 Å². The monoisotopic (exact) mass is 294 g/mol. The summed E-state index contributed by atoms with van der Waals surface area (Å²) in [6.07, 6.45) is 0. The van der Waals surface area contributed by atoms with Crippen LogP contribution in [0.3, 0.4) is 0 Å². The van der Waals surface area contributed by atoms with Crippen LogP contribution in [-0.4, -0.2) is 15.5 Å². The highest BCUT2D eigenvalue weighted by atomic mass is 32.2. The molecular formula is C12H12N3O2S2+. The van der Waals surface area contributed by atoms with E-state index in [0.29, 0.717) is 11.3 Å². The highest BCUT2D eigenvalue weighted by Crippen LogP contribution is 2.34. The van der Waals surface area contributed by atoms with Gasteiger partial charge in [-0.05, 0) is 24.4 Å². The molecule has 0 aliphatic carbocycles. The number of aryl methyl sites for hydroxylation is 1. The molecular weight excluding hydrogens is 282 g/mol. The zero-order chi connectivity index (χ0) is 14.0. The molecule has 0 saturated heterocycles.